The molecule has 0 aliphatic heterocycles. The van der Waals surface area contributed by atoms with E-state index in [4.69, 9.17) is 5.73 Å². The third-order valence-corrected chi connectivity index (χ3v) is 1.48. The van der Waals surface area contributed by atoms with E-state index < -0.39 is 0 Å². The number of nitrogens with two attached hydrogens (primary N) is 1. The smallest absolute Gasteiger partial charge is 0.0162 e. The van der Waals surface area contributed by atoms with E-state index in [1.54, 1.807) is 0 Å². The van der Waals surface area contributed by atoms with Crippen LogP contribution in [0.4, 0.5) is 0 Å². The topological polar surface area (TPSA) is 38.0 Å². The molecule has 2 nitrogen and oxygen atoms in total. The average molecular weight is 144 g/mol. The van der Waals surface area contributed by atoms with Crippen molar-refractivity contribution in [1.82, 2.24) is 5.32 Å². The van der Waals surface area contributed by atoms with Crippen LogP contribution < -0.4 is 11.1 Å². The highest BCUT2D eigenvalue weighted by atomic mass is 14.9. The molecule has 0 spiro atoms. The highest BCUT2D eigenvalue weighted by molar-refractivity contribution is 4.62. The quantitative estimate of drug-likeness (QED) is 0.603. The lowest BCUT2D eigenvalue weighted by molar-refractivity contribution is 0.507. The summed E-state index contributed by atoms with van der Waals surface area (Å²) < 4.78 is 0. The summed E-state index contributed by atoms with van der Waals surface area (Å²) in [6.07, 6.45) is 1.06. The zero-order chi connectivity index (χ0) is 7.98. The van der Waals surface area contributed by atoms with Crippen molar-refractivity contribution in [3.8, 4) is 0 Å². The van der Waals surface area contributed by atoms with Gasteiger partial charge >= 0.3 is 0 Å². The second kappa shape index (κ2) is 5.69. The summed E-state index contributed by atoms with van der Waals surface area (Å²) >= 11 is 0. The molecule has 0 saturated heterocycles. The molecule has 0 fully saturated rings. The molecule has 0 aliphatic carbocycles. The van der Waals surface area contributed by atoms with Gasteiger partial charge in [-0.15, -0.1) is 0 Å². The van der Waals surface area contributed by atoms with Gasteiger partial charge in [-0.25, -0.2) is 0 Å². The largest absolute Gasteiger partial charge is 0.327 e. The molecular formula is C8H20N2. The maximum atomic E-state index is 5.70. The van der Waals surface area contributed by atoms with E-state index in [-0.39, 0.29) is 0 Å². The number of hydrogen-bond acceptors (Lipinski definition) is 2. The van der Waals surface area contributed by atoms with E-state index in [1.165, 1.54) is 0 Å². The Morgan fingerprint density at radius 2 is 1.90 bits per heavy atom. The molecule has 10 heavy (non-hydrogen) atoms. The van der Waals surface area contributed by atoms with E-state index in [1.807, 2.05) is 0 Å². The van der Waals surface area contributed by atoms with E-state index in [0.717, 1.165) is 25.4 Å². The van der Waals surface area contributed by atoms with Crippen molar-refractivity contribution in [2.75, 3.05) is 13.1 Å². The first-order chi connectivity index (χ1) is 4.66. The Labute approximate surface area is 64.2 Å². The van der Waals surface area contributed by atoms with Crippen LogP contribution in [-0.4, -0.2) is 19.1 Å². The van der Waals surface area contributed by atoms with Crippen LogP contribution in [0.1, 0.15) is 27.2 Å². The Hall–Kier alpha value is -0.0800. The second-order valence-electron chi connectivity index (χ2n) is 3.22. The van der Waals surface area contributed by atoms with Crippen LogP contribution in [-0.2, 0) is 0 Å². The van der Waals surface area contributed by atoms with Gasteiger partial charge in [-0.1, -0.05) is 20.8 Å². The molecular weight excluding hydrogens is 124 g/mol. The van der Waals surface area contributed by atoms with Crippen molar-refractivity contribution in [1.29, 1.82) is 0 Å². The molecule has 1 unspecified atom stereocenters. The van der Waals surface area contributed by atoms with E-state index >= 15 is 0 Å². The Bertz CT molecular complexity index is 71.7. The average Bonchev–Trinajstić information content (AvgIpc) is 1.87. The van der Waals surface area contributed by atoms with E-state index in [0.29, 0.717) is 6.04 Å². The molecule has 2 heteroatoms. The van der Waals surface area contributed by atoms with Crippen LogP contribution in [0.3, 0.4) is 0 Å². The molecule has 0 radical (unpaired) electrons. The molecule has 0 bridgehead atoms. The lowest BCUT2D eigenvalue weighted by Crippen LogP contribution is -2.34. The molecule has 0 aromatic carbocycles. The standard InChI is InChI=1S/C8H20N2/c1-4-8(9)6-10-5-7(2)3/h7-8,10H,4-6,9H2,1-3H3. The maximum Gasteiger partial charge on any atom is 0.0162 e. The summed E-state index contributed by atoms with van der Waals surface area (Å²) in [6, 6.07) is 0.332. The van der Waals surface area contributed by atoms with Gasteiger partial charge in [0.1, 0.15) is 0 Å². The van der Waals surface area contributed by atoms with Gasteiger partial charge in [-0.2, -0.15) is 0 Å². The number of nitrogens with one attached hydrogen (secondary N) is 1. The summed E-state index contributed by atoms with van der Waals surface area (Å²) in [5.41, 5.74) is 5.70. The second-order valence-corrected chi connectivity index (χ2v) is 3.22. The van der Waals surface area contributed by atoms with Gasteiger partial charge in [0.25, 0.3) is 0 Å². The molecule has 0 heterocycles. The van der Waals surface area contributed by atoms with Crippen LogP contribution >= 0.6 is 0 Å². The number of hydrogen-bond donors (Lipinski definition) is 2. The van der Waals surface area contributed by atoms with Gasteiger partial charge in [-0.05, 0) is 18.9 Å². The highest BCUT2D eigenvalue weighted by Crippen LogP contribution is 1.88. The highest BCUT2D eigenvalue weighted by Gasteiger charge is 1.97. The zero-order valence-corrected chi connectivity index (χ0v) is 7.35. The van der Waals surface area contributed by atoms with Gasteiger partial charge in [0.05, 0.1) is 0 Å². The van der Waals surface area contributed by atoms with Gasteiger partial charge in [0, 0.05) is 12.6 Å². The summed E-state index contributed by atoms with van der Waals surface area (Å²) in [5.74, 6) is 0.726. The summed E-state index contributed by atoms with van der Waals surface area (Å²) in [7, 11) is 0. The van der Waals surface area contributed by atoms with Crippen LogP contribution in [0.5, 0.6) is 0 Å². The van der Waals surface area contributed by atoms with Gasteiger partial charge in [0.15, 0.2) is 0 Å². The first-order valence-corrected chi connectivity index (χ1v) is 4.13. The van der Waals surface area contributed by atoms with Crippen molar-refractivity contribution in [3.63, 3.8) is 0 Å². The van der Waals surface area contributed by atoms with Gasteiger partial charge < -0.3 is 11.1 Å². The summed E-state index contributed by atoms with van der Waals surface area (Å²) in [5, 5.41) is 3.31. The van der Waals surface area contributed by atoms with Gasteiger partial charge in [-0.3, -0.25) is 0 Å². The van der Waals surface area contributed by atoms with Crippen LogP contribution in [0.25, 0.3) is 0 Å². The zero-order valence-electron chi connectivity index (χ0n) is 7.35. The molecule has 0 aromatic heterocycles. The minimum atomic E-state index is 0.332. The lowest BCUT2D eigenvalue weighted by Gasteiger charge is -2.11. The van der Waals surface area contributed by atoms with E-state index in [2.05, 4.69) is 26.1 Å². The minimum absolute atomic E-state index is 0.332. The van der Waals surface area contributed by atoms with Crippen molar-refractivity contribution < 1.29 is 0 Å². The fourth-order valence-electron chi connectivity index (χ4n) is 0.702. The van der Waals surface area contributed by atoms with Crippen LogP contribution in [0.2, 0.25) is 0 Å². The Morgan fingerprint density at radius 1 is 1.30 bits per heavy atom. The SMILES string of the molecule is CCC(N)CNCC(C)C. The fourth-order valence-corrected chi connectivity index (χ4v) is 0.702. The van der Waals surface area contributed by atoms with Crippen molar-refractivity contribution in [3.05, 3.63) is 0 Å². The van der Waals surface area contributed by atoms with Crippen molar-refractivity contribution in [2.45, 2.75) is 33.2 Å². The first-order valence-electron chi connectivity index (χ1n) is 4.13. The lowest BCUT2D eigenvalue weighted by atomic mass is 10.2. The third-order valence-electron chi connectivity index (χ3n) is 1.48. The van der Waals surface area contributed by atoms with E-state index in [9.17, 15) is 0 Å². The van der Waals surface area contributed by atoms with Crippen molar-refractivity contribution in [2.24, 2.45) is 11.7 Å². The normalized spacial score (nSPS) is 14.1. The summed E-state index contributed by atoms with van der Waals surface area (Å²) in [6.45, 7) is 8.54. The molecule has 0 aromatic rings. The first kappa shape index (κ1) is 9.92. The fraction of sp³-hybridized carbons (Fsp3) is 1.00. The number of rotatable bonds is 5. The molecule has 0 amide bonds. The molecule has 0 saturated carbocycles. The molecule has 3 N–H and O–H groups in total. The monoisotopic (exact) mass is 144 g/mol. The molecule has 62 valence electrons. The molecule has 0 aliphatic rings. The Kier molecular flexibility index (Phi) is 5.64. The maximum absolute atomic E-state index is 5.70. The predicted octanol–water partition coefficient (Wildman–Crippen LogP) is 0.969. The Balaban J connectivity index is 3.03. The van der Waals surface area contributed by atoms with Gasteiger partial charge in [0.2, 0.25) is 0 Å². The van der Waals surface area contributed by atoms with Crippen molar-refractivity contribution >= 4 is 0 Å². The summed E-state index contributed by atoms with van der Waals surface area (Å²) in [4.78, 5) is 0. The third kappa shape index (κ3) is 6.05. The molecule has 1 atom stereocenters. The Morgan fingerprint density at radius 3 is 2.30 bits per heavy atom. The van der Waals surface area contributed by atoms with Crippen LogP contribution in [0.15, 0.2) is 0 Å². The minimum Gasteiger partial charge on any atom is -0.327 e. The van der Waals surface area contributed by atoms with Crippen LogP contribution in [0, 0.1) is 5.92 Å². The predicted molar refractivity (Wildman–Crippen MR) is 46.0 cm³/mol. The molecule has 0 rings (SSSR count).